The van der Waals surface area contributed by atoms with Crippen molar-refractivity contribution in [3.05, 3.63) is 29.3 Å². The highest BCUT2D eigenvalue weighted by molar-refractivity contribution is 6.00. The average Bonchev–Trinajstić information content (AvgIpc) is 2.29. The summed E-state index contributed by atoms with van der Waals surface area (Å²) in [7, 11) is 0. The van der Waals surface area contributed by atoms with Gasteiger partial charge in [-0.15, -0.1) is 0 Å². The maximum absolute atomic E-state index is 8.79. The van der Waals surface area contributed by atoms with E-state index in [0.717, 1.165) is 29.7 Å². The monoisotopic (exact) mass is 221 g/mol. The molecule has 3 heteroatoms. The Hall–Kier alpha value is -1.51. The number of aryl methyl sites for hydroxylation is 1. The second-order valence-electron chi connectivity index (χ2n) is 3.89. The van der Waals surface area contributed by atoms with Gasteiger partial charge in [0.05, 0.1) is 12.3 Å². The summed E-state index contributed by atoms with van der Waals surface area (Å²) >= 11 is 0. The molecular weight excluding hydrogens is 202 g/mol. The first-order valence-electron chi connectivity index (χ1n) is 5.61. The van der Waals surface area contributed by atoms with E-state index in [9.17, 15) is 0 Å². The highest BCUT2D eigenvalue weighted by atomic mass is 16.5. The summed E-state index contributed by atoms with van der Waals surface area (Å²) in [6.07, 6.45) is 2.14. The van der Waals surface area contributed by atoms with E-state index in [0.29, 0.717) is 12.3 Å². The van der Waals surface area contributed by atoms with Crippen molar-refractivity contribution in [3.63, 3.8) is 0 Å². The van der Waals surface area contributed by atoms with Gasteiger partial charge in [0.25, 0.3) is 0 Å². The van der Waals surface area contributed by atoms with Crippen molar-refractivity contribution < 1.29 is 9.94 Å². The molecule has 0 amide bonds. The van der Waals surface area contributed by atoms with Crippen LogP contribution in [0.5, 0.6) is 5.75 Å². The lowest BCUT2D eigenvalue weighted by Gasteiger charge is -2.11. The summed E-state index contributed by atoms with van der Waals surface area (Å²) in [5.41, 5.74) is 2.57. The van der Waals surface area contributed by atoms with E-state index in [1.165, 1.54) is 0 Å². The van der Waals surface area contributed by atoms with Crippen LogP contribution in [0.2, 0.25) is 0 Å². The summed E-state index contributed by atoms with van der Waals surface area (Å²) in [4.78, 5) is 0. The van der Waals surface area contributed by atoms with Crippen molar-refractivity contribution in [2.75, 3.05) is 6.61 Å². The highest BCUT2D eigenvalue weighted by Crippen LogP contribution is 2.21. The van der Waals surface area contributed by atoms with Crippen LogP contribution >= 0.6 is 0 Å². The summed E-state index contributed by atoms with van der Waals surface area (Å²) in [5.74, 6) is 0.795. The van der Waals surface area contributed by atoms with E-state index < -0.39 is 0 Å². The topological polar surface area (TPSA) is 41.8 Å². The molecule has 0 saturated carbocycles. The summed E-state index contributed by atoms with van der Waals surface area (Å²) < 4.78 is 5.69. The molecule has 0 aliphatic rings. The minimum Gasteiger partial charge on any atom is -0.493 e. The standard InChI is InChI=1S/C13H19NO2/c1-4-5-8-16-13-9-10(2)6-7-12(13)11(3)14-15/h6-7,9,15H,4-5,8H2,1-3H3. The molecule has 0 unspecified atom stereocenters. The molecule has 16 heavy (non-hydrogen) atoms. The number of hydrogen-bond donors (Lipinski definition) is 1. The average molecular weight is 221 g/mol. The van der Waals surface area contributed by atoms with E-state index in [-0.39, 0.29) is 0 Å². The highest BCUT2D eigenvalue weighted by Gasteiger charge is 2.07. The predicted molar refractivity (Wildman–Crippen MR) is 65.6 cm³/mol. The van der Waals surface area contributed by atoms with Crippen molar-refractivity contribution in [3.8, 4) is 5.75 Å². The van der Waals surface area contributed by atoms with Crippen molar-refractivity contribution in [1.29, 1.82) is 0 Å². The smallest absolute Gasteiger partial charge is 0.128 e. The van der Waals surface area contributed by atoms with Crippen LogP contribution in [-0.2, 0) is 0 Å². The zero-order valence-corrected chi connectivity index (χ0v) is 10.2. The Bertz CT molecular complexity index is 372. The summed E-state index contributed by atoms with van der Waals surface area (Å²) in [5, 5.41) is 12.0. The lowest BCUT2D eigenvalue weighted by atomic mass is 10.1. The van der Waals surface area contributed by atoms with Crippen LogP contribution in [0.25, 0.3) is 0 Å². The van der Waals surface area contributed by atoms with E-state index in [1.54, 1.807) is 6.92 Å². The quantitative estimate of drug-likeness (QED) is 0.358. The molecule has 1 rings (SSSR count). The Labute approximate surface area is 96.7 Å². The minimum absolute atomic E-state index is 0.575. The fraction of sp³-hybridized carbons (Fsp3) is 0.462. The number of rotatable bonds is 5. The molecule has 0 fully saturated rings. The van der Waals surface area contributed by atoms with Crippen molar-refractivity contribution in [1.82, 2.24) is 0 Å². The van der Waals surface area contributed by atoms with Gasteiger partial charge in [-0.25, -0.2) is 0 Å². The number of oxime groups is 1. The fourth-order valence-electron chi connectivity index (χ4n) is 1.43. The van der Waals surface area contributed by atoms with E-state index in [1.807, 2.05) is 25.1 Å². The van der Waals surface area contributed by atoms with E-state index in [2.05, 4.69) is 12.1 Å². The number of benzene rings is 1. The first kappa shape index (κ1) is 12.6. The molecule has 0 radical (unpaired) electrons. The van der Waals surface area contributed by atoms with Gasteiger partial charge in [-0.3, -0.25) is 0 Å². The molecule has 0 aliphatic carbocycles. The van der Waals surface area contributed by atoms with Gasteiger partial charge in [0.15, 0.2) is 0 Å². The van der Waals surface area contributed by atoms with Gasteiger partial charge in [0.1, 0.15) is 5.75 Å². The zero-order valence-electron chi connectivity index (χ0n) is 10.2. The maximum atomic E-state index is 8.79. The van der Waals surface area contributed by atoms with Crippen LogP contribution in [0.1, 0.15) is 37.8 Å². The van der Waals surface area contributed by atoms with Crippen molar-refractivity contribution in [2.24, 2.45) is 5.16 Å². The maximum Gasteiger partial charge on any atom is 0.128 e. The van der Waals surface area contributed by atoms with E-state index >= 15 is 0 Å². The molecule has 0 aliphatic heterocycles. The summed E-state index contributed by atoms with van der Waals surface area (Å²) in [6, 6.07) is 5.88. The number of hydrogen-bond acceptors (Lipinski definition) is 3. The third-order valence-corrected chi connectivity index (χ3v) is 2.43. The van der Waals surface area contributed by atoms with Gasteiger partial charge in [0, 0.05) is 5.56 Å². The largest absolute Gasteiger partial charge is 0.493 e. The van der Waals surface area contributed by atoms with Crippen molar-refractivity contribution in [2.45, 2.75) is 33.6 Å². The molecule has 0 saturated heterocycles. The first-order chi connectivity index (χ1) is 7.69. The van der Waals surface area contributed by atoms with Gasteiger partial charge in [-0.2, -0.15) is 0 Å². The fourth-order valence-corrected chi connectivity index (χ4v) is 1.43. The van der Waals surface area contributed by atoms with Gasteiger partial charge in [-0.05, 0) is 38.0 Å². The van der Waals surface area contributed by atoms with Gasteiger partial charge < -0.3 is 9.94 Å². The third-order valence-electron chi connectivity index (χ3n) is 2.43. The predicted octanol–water partition coefficient (Wildman–Crippen LogP) is 3.37. The molecule has 1 aromatic rings. The molecule has 88 valence electrons. The zero-order chi connectivity index (χ0) is 12.0. The number of ether oxygens (including phenoxy) is 1. The van der Waals surface area contributed by atoms with Crippen LogP contribution in [0, 0.1) is 6.92 Å². The molecule has 0 bridgehead atoms. The Morgan fingerprint density at radius 2 is 2.19 bits per heavy atom. The molecule has 0 atom stereocenters. The van der Waals surface area contributed by atoms with Crippen LogP contribution < -0.4 is 4.74 Å². The molecular formula is C13H19NO2. The number of nitrogens with zero attached hydrogens (tertiary/aromatic N) is 1. The van der Waals surface area contributed by atoms with Crippen LogP contribution in [0.4, 0.5) is 0 Å². The molecule has 3 nitrogen and oxygen atoms in total. The Kier molecular flexibility index (Phi) is 4.83. The Morgan fingerprint density at radius 3 is 2.81 bits per heavy atom. The second-order valence-corrected chi connectivity index (χ2v) is 3.89. The normalized spacial score (nSPS) is 11.6. The van der Waals surface area contributed by atoms with Crippen LogP contribution in [0.15, 0.2) is 23.4 Å². The molecule has 0 aromatic heterocycles. The summed E-state index contributed by atoms with van der Waals surface area (Å²) in [6.45, 7) is 6.60. The lowest BCUT2D eigenvalue weighted by molar-refractivity contribution is 0.306. The second kappa shape index (κ2) is 6.16. The SMILES string of the molecule is CCCCOc1cc(C)ccc1C(C)=NO. The molecule has 1 aromatic carbocycles. The van der Waals surface area contributed by atoms with Gasteiger partial charge in [0.2, 0.25) is 0 Å². The Balaban J connectivity index is 2.90. The molecule has 0 spiro atoms. The van der Waals surface area contributed by atoms with Crippen LogP contribution in [0.3, 0.4) is 0 Å². The van der Waals surface area contributed by atoms with E-state index in [4.69, 9.17) is 9.94 Å². The third kappa shape index (κ3) is 3.26. The number of unbranched alkanes of at least 4 members (excludes halogenated alkanes) is 1. The Morgan fingerprint density at radius 1 is 1.44 bits per heavy atom. The van der Waals surface area contributed by atoms with Gasteiger partial charge in [-0.1, -0.05) is 24.6 Å². The van der Waals surface area contributed by atoms with Gasteiger partial charge >= 0.3 is 0 Å². The van der Waals surface area contributed by atoms with Crippen LogP contribution in [-0.4, -0.2) is 17.5 Å². The van der Waals surface area contributed by atoms with Crippen molar-refractivity contribution >= 4 is 5.71 Å². The molecule has 1 N–H and O–H groups in total. The first-order valence-corrected chi connectivity index (χ1v) is 5.61. The lowest BCUT2D eigenvalue weighted by Crippen LogP contribution is -2.03. The minimum atomic E-state index is 0.575. The molecule has 0 heterocycles.